The highest BCUT2D eigenvalue weighted by Crippen LogP contribution is 2.50. The van der Waals surface area contributed by atoms with Gasteiger partial charge in [0.15, 0.2) is 0 Å². The van der Waals surface area contributed by atoms with Crippen molar-refractivity contribution in [3.05, 3.63) is 307 Å². The second-order valence-electron chi connectivity index (χ2n) is 24.4. The Morgan fingerprint density at radius 1 is 0.289 bits per heavy atom. The average Bonchev–Trinajstić information content (AvgIpc) is 0.801. The summed E-state index contributed by atoms with van der Waals surface area (Å²) in [6.07, 6.45) is 0. The number of hydrogen-bond acceptors (Lipinski definition) is 6. The third kappa shape index (κ3) is 8.71. The van der Waals surface area contributed by atoms with Gasteiger partial charge in [0.1, 0.15) is 22.7 Å². The van der Waals surface area contributed by atoms with Gasteiger partial charge in [-0.25, -0.2) is 0 Å². The minimum atomic E-state index is -0.159. The van der Waals surface area contributed by atoms with Crippen LogP contribution in [0.15, 0.2) is 288 Å². The summed E-state index contributed by atoms with van der Waals surface area (Å²) >= 11 is 0. The van der Waals surface area contributed by atoms with Crippen molar-refractivity contribution in [2.75, 3.05) is 19.6 Å². The molecule has 2 aliphatic heterocycles. The van der Waals surface area contributed by atoms with Crippen molar-refractivity contribution in [1.29, 1.82) is 0 Å². The molecule has 0 bridgehead atoms. The summed E-state index contributed by atoms with van der Waals surface area (Å²) in [5, 5.41) is 6.77. The van der Waals surface area contributed by atoms with Crippen molar-refractivity contribution in [2.24, 2.45) is 0 Å². The average molecular weight is 1160 g/mol. The molecule has 0 saturated carbocycles. The molecule has 90 heavy (non-hydrogen) atoms. The molecule has 2 aliphatic rings. The van der Waals surface area contributed by atoms with Crippen LogP contribution in [0.3, 0.4) is 0 Å². The molecule has 0 spiro atoms. The Hall–Kier alpha value is -11.3. The van der Waals surface area contributed by atoms with Gasteiger partial charge in [-0.05, 0) is 228 Å². The molecular weight excluding hydrogens is 1100 g/mol. The predicted molar refractivity (Wildman–Crippen MR) is 379 cm³/mol. The van der Waals surface area contributed by atoms with Gasteiger partial charge in [0, 0.05) is 78.8 Å². The van der Waals surface area contributed by atoms with Crippen molar-refractivity contribution in [3.63, 3.8) is 0 Å². The number of hydrogen-bond donors (Lipinski definition) is 0. The van der Waals surface area contributed by atoms with Crippen LogP contribution in [-0.4, -0.2) is 6.71 Å². The van der Waals surface area contributed by atoms with Gasteiger partial charge in [0.25, 0.3) is 6.71 Å². The van der Waals surface area contributed by atoms with Gasteiger partial charge in [-0.2, -0.15) is 0 Å². The first-order valence-corrected chi connectivity index (χ1v) is 31.1. The zero-order valence-electron chi connectivity index (χ0n) is 50.7. The molecule has 17 rings (SSSR count). The third-order valence-corrected chi connectivity index (χ3v) is 18.6. The maximum Gasteiger partial charge on any atom is 0.252 e. The fourth-order valence-corrected chi connectivity index (χ4v) is 14.5. The van der Waals surface area contributed by atoms with E-state index in [0.717, 1.165) is 112 Å². The summed E-state index contributed by atoms with van der Waals surface area (Å²) in [6, 6.07) is 102. The number of nitrogens with zero attached hydrogens (tertiary/aromatic N) is 4. The SMILES string of the molecule is Cc1cc2c3c(c1)N(c1c(C)cccc1C)c1cc(N(c4ccccc4)c4ccc5cc(-c6cc7ccccc7o6)ccc5c4)ccc1B3c1cc(N(c3ccccc3)c3ccc4cc(-c5cc6ccccc6o5)ccc4c3)ccc1N2c1c(C)cccc1C. The largest absolute Gasteiger partial charge is 0.456 e. The quantitative estimate of drug-likeness (QED) is 0.127. The summed E-state index contributed by atoms with van der Waals surface area (Å²) in [5.74, 6) is 1.73. The minimum absolute atomic E-state index is 0.159. The van der Waals surface area contributed by atoms with Gasteiger partial charge in [-0.15, -0.1) is 0 Å². The predicted octanol–water partition coefficient (Wildman–Crippen LogP) is 21.4. The van der Waals surface area contributed by atoms with Crippen LogP contribution in [0, 0.1) is 34.6 Å². The first-order chi connectivity index (χ1) is 44.1. The van der Waals surface area contributed by atoms with E-state index >= 15 is 0 Å². The van der Waals surface area contributed by atoms with Crippen LogP contribution in [0.4, 0.5) is 68.2 Å². The summed E-state index contributed by atoms with van der Waals surface area (Å²) < 4.78 is 12.7. The molecule has 0 atom stereocenters. The van der Waals surface area contributed by atoms with Crippen LogP contribution in [0.5, 0.6) is 0 Å². The molecule has 13 aromatic carbocycles. The monoisotopic (exact) mass is 1160 g/mol. The van der Waals surface area contributed by atoms with Crippen LogP contribution < -0.4 is 36.0 Å². The Balaban J connectivity index is 0.864. The molecular formula is C83H61BN4O2. The number of furan rings is 2. The highest BCUT2D eigenvalue weighted by molar-refractivity contribution is 7.00. The highest BCUT2D eigenvalue weighted by Gasteiger charge is 2.45. The Bertz CT molecular complexity index is 5270. The second kappa shape index (κ2) is 21.0. The molecule has 0 radical (unpaired) electrons. The molecule has 6 nitrogen and oxygen atoms in total. The number of benzene rings is 13. The van der Waals surface area contributed by atoms with E-state index in [1.807, 2.05) is 24.3 Å². The molecule has 0 fully saturated rings. The van der Waals surface area contributed by atoms with Crippen molar-refractivity contribution < 1.29 is 8.83 Å². The molecule has 0 unspecified atom stereocenters. The number of aryl methyl sites for hydroxylation is 5. The molecule has 2 aromatic heterocycles. The molecule has 4 heterocycles. The van der Waals surface area contributed by atoms with Crippen molar-refractivity contribution in [1.82, 2.24) is 0 Å². The van der Waals surface area contributed by atoms with E-state index in [4.69, 9.17) is 8.83 Å². The van der Waals surface area contributed by atoms with Crippen LogP contribution in [0.1, 0.15) is 27.8 Å². The van der Waals surface area contributed by atoms with E-state index in [-0.39, 0.29) is 6.71 Å². The summed E-state index contributed by atoms with van der Waals surface area (Å²) in [5.41, 5.74) is 27.2. The maximum absolute atomic E-state index is 6.36. The van der Waals surface area contributed by atoms with E-state index in [1.165, 1.54) is 67.0 Å². The molecule has 0 N–H and O–H groups in total. The standard InChI is InChI=1S/C83H61BN4O2/c1-52-42-75-81-76(43-52)88(83-55(4)20-17-21-56(83)5)74-51-70(86(66-26-10-7-11-27-66)68-37-35-58-45-64(33-31-60(58)47-68)80-49-62-23-13-15-29-78(62)90-80)38-40-71(74)84(81)72-50-69(39-41-73(72)87(75)82-53(2)18-16-19-54(82)3)85(65-24-8-6-9-25-65)67-36-34-57-44-63(32-30-59(57)46-67)79-48-61-22-12-14-28-77(61)89-79/h6-51H,1-5H3. The first kappa shape index (κ1) is 53.0. The van der Waals surface area contributed by atoms with E-state index in [1.54, 1.807) is 0 Å². The van der Waals surface area contributed by atoms with Gasteiger partial charge >= 0.3 is 0 Å². The number of para-hydroxylation sites is 6. The lowest BCUT2D eigenvalue weighted by atomic mass is 9.33. The second-order valence-corrected chi connectivity index (χ2v) is 24.4. The third-order valence-electron chi connectivity index (χ3n) is 18.6. The smallest absolute Gasteiger partial charge is 0.252 e. The van der Waals surface area contributed by atoms with E-state index in [9.17, 15) is 0 Å². The molecule has 15 aromatic rings. The Kier molecular flexibility index (Phi) is 12.3. The van der Waals surface area contributed by atoms with Crippen LogP contribution in [-0.2, 0) is 0 Å². The topological polar surface area (TPSA) is 39.2 Å². The first-order valence-electron chi connectivity index (χ1n) is 31.1. The zero-order chi connectivity index (χ0) is 60.3. The summed E-state index contributed by atoms with van der Waals surface area (Å²) in [6.45, 7) is 11.2. The lowest BCUT2D eigenvalue weighted by molar-refractivity contribution is 0.631. The molecule has 0 amide bonds. The summed E-state index contributed by atoms with van der Waals surface area (Å²) in [4.78, 5) is 10.0. The van der Waals surface area contributed by atoms with Crippen LogP contribution in [0.2, 0.25) is 0 Å². The number of rotatable bonds is 10. The minimum Gasteiger partial charge on any atom is -0.456 e. The van der Waals surface area contributed by atoms with E-state index in [0.29, 0.717) is 0 Å². The lowest BCUT2D eigenvalue weighted by Crippen LogP contribution is -2.61. The van der Waals surface area contributed by atoms with Gasteiger partial charge in [-0.3, -0.25) is 0 Å². The Morgan fingerprint density at radius 3 is 1.22 bits per heavy atom. The molecule has 7 heteroatoms. The zero-order valence-corrected chi connectivity index (χ0v) is 50.7. The molecule has 428 valence electrons. The van der Waals surface area contributed by atoms with Crippen LogP contribution in [0.25, 0.3) is 66.1 Å². The van der Waals surface area contributed by atoms with Gasteiger partial charge in [-0.1, -0.05) is 152 Å². The van der Waals surface area contributed by atoms with E-state index in [2.05, 4.69) is 309 Å². The van der Waals surface area contributed by atoms with Crippen molar-refractivity contribution in [3.8, 4) is 22.6 Å². The fraction of sp³-hybridized carbons (Fsp3) is 0.0602. The Morgan fingerprint density at radius 2 is 0.711 bits per heavy atom. The van der Waals surface area contributed by atoms with Crippen molar-refractivity contribution >= 4 is 135 Å². The van der Waals surface area contributed by atoms with Crippen molar-refractivity contribution in [2.45, 2.75) is 34.6 Å². The number of fused-ring (bicyclic) bond motifs is 8. The summed E-state index contributed by atoms with van der Waals surface area (Å²) in [7, 11) is 0. The normalized spacial score (nSPS) is 12.4. The van der Waals surface area contributed by atoms with E-state index < -0.39 is 0 Å². The molecule has 0 aliphatic carbocycles. The van der Waals surface area contributed by atoms with Crippen LogP contribution >= 0.6 is 0 Å². The highest BCUT2D eigenvalue weighted by atomic mass is 16.3. The Labute approximate surface area is 524 Å². The number of anilines is 12. The lowest BCUT2D eigenvalue weighted by Gasteiger charge is -2.46. The molecule has 0 saturated heterocycles. The fourth-order valence-electron chi connectivity index (χ4n) is 14.5. The van der Waals surface area contributed by atoms with Gasteiger partial charge in [0.2, 0.25) is 0 Å². The van der Waals surface area contributed by atoms with Gasteiger partial charge in [0.05, 0.1) is 11.4 Å². The van der Waals surface area contributed by atoms with Gasteiger partial charge < -0.3 is 28.4 Å². The maximum atomic E-state index is 6.36.